The molecule has 0 aliphatic heterocycles. The van der Waals surface area contributed by atoms with Gasteiger partial charge in [-0.3, -0.25) is 0 Å². The van der Waals surface area contributed by atoms with Gasteiger partial charge < -0.3 is 15.3 Å². The van der Waals surface area contributed by atoms with Crippen molar-refractivity contribution < 1.29 is 18.3 Å². The number of aryl methyl sites for hydroxylation is 1. The Balaban J connectivity index is 1.56. The molecular formula is C25H24N6O4S. The Morgan fingerprint density at radius 2 is 1.58 bits per heavy atom. The van der Waals surface area contributed by atoms with Crippen LogP contribution in [0.5, 0.6) is 0 Å². The van der Waals surface area contributed by atoms with Crippen LogP contribution in [0.25, 0.3) is 0 Å². The minimum absolute atomic E-state index is 0.0202. The summed E-state index contributed by atoms with van der Waals surface area (Å²) in [7, 11) is -2.05. The van der Waals surface area contributed by atoms with Crippen molar-refractivity contribution in [2.45, 2.75) is 11.8 Å². The topological polar surface area (TPSA) is 142 Å². The lowest BCUT2D eigenvalue weighted by Gasteiger charge is -2.22. The zero-order valence-electron chi connectivity index (χ0n) is 19.5. The average Bonchev–Trinajstić information content (AvgIpc) is 2.85. The molecule has 10 nitrogen and oxygen atoms in total. The zero-order chi connectivity index (χ0) is 25.9. The molecule has 0 saturated heterocycles. The Labute approximate surface area is 208 Å². The molecule has 11 heteroatoms. The van der Waals surface area contributed by atoms with Gasteiger partial charge in [0.05, 0.1) is 16.3 Å². The van der Waals surface area contributed by atoms with E-state index < -0.39 is 16.1 Å². The molecule has 0 radical (unpaired) electrons. The maximum Gasteiger partial charge on any atom is 0.416 e. The van der Waals surface area contributed by atoms with Gasteiger partial charge in [0.25, 0.3) is 0 Å². The summed E-state index contributed by atoms with van der Waals surface area (Å²) >= 11 is 0. The van der Waals surface area contributed by atoms with E-state index in [4.69, 9.17) is 5.14 Å². The van der Waals surface area contributed by atoms with Crippen molar-refractivity contribution >= 4 is 50.6 Å². The van der Waals surface area contributed by atoms with Gasteiger partial charge in [-0.15, -0.1) is 0 Å². The van der Waals surface area contributed by atoms with E-state index >= 15 is 0 Å². The van der Waals surface area contributed by atoms with Crippen LogP contribution >= 0.6 is 0 Å². The van der Waals surface area contributed by atoms with Gasteiger partial charge in [-0.05, 0) is 67.1 Å². The number of rotatable bonds is 7. The van der Waals surface area contributed by atoms with E-state index in [0.717, 1.165) is 5.69 Å². The van der Waals surface area contributed by atoms with Gasteiger partial charge in [0.1, 0.15) is 5.82 Å². The Bertz CT molecular complexity index is 1490. The van der Waals surface area contributed by atoms with E-state index in [1.54, 1.807) is 79.9 Å². The quantitative estimate of drug-likeness (QED) is 0.327. The summed E-state index contributed by atoms with van der Waals surface area (Å²) < 4.78 is 23.6. The molecule has 184 valence electrons. The smallest absolute Gasteiger partial charge is 0.416 e. The first-order valence-electron chi connectivity index (χ1n) is 10.8. The van der Waals surface area contributed by atoms with Crippen LogP contribution < -0.4 is 20.3 Å². The van der Waals surface area contributed by atoms with Crippen molar-refractivity contribution in [2.75, 3.05) is 22.2 Å². The molecule has 1 amide bonds. The molecule has 0 unspecified atom stereocenters. The van der Waals surface area contributed by atoms with Crippen LogP contribution in [0.1, 0.15) is 5.56 Å². The summed E-state index contributed by atoms with van der Waals surface area (Å²) in [5.74, 6) is 0.832. The van der Waals surface area contributed by atoms with Gasteiger partial charge in [0, 0.05) is 24.6 Å². The van der Waals surface area contributed by atoms with E-state index in [0.29, 0.717) is 28.4 Å². The number of primary sulfonamides is 1. The molecule has 36 heavy (non-hydrogen) atoms. The molecule has 0 aliphatic carbocycles. The van der Waals surface area contributed by atoms with Crippen LogP contribution in [0.4, 0.5) is 39.3 Å². The highest BCUT2D eigenvalue weighted by Crippen LogP contribution is 2.30. The number of para-hydroxylation sites is 1. The molecule has 0 bridgehead atoms. The lowest BCUT2D eigenvalue weighted by molar-refractivity contribution is 0.205. The van der Waals surface area contributed by atoms with E-state index in [1.165, 1.54) is 11.0 Å². The fraction of sp³-hybridized carbons (Fsp3) is 0.0800. The van der Waals surface area contributed by atoms with Crippen LogP contribution in [-0.2, 0) is 10.0 Å². The monoisotopic (exact) mass is 504 g/mol. The van der Waals surface area contributed by atoms with Crippen LogP contribution in [0.15, 0.2) is 90.0 Å². The third-order valence-electron chi connectivity index (χ3n) is 5.44. The summed E-state index contributed by atoms with van der Waals surface area (Å²) in [6, 6.07) is 22.4. The molecule has 0 aliphatic rings. The second-order valence-corrected chi connectivity index (χ2v) is 9.45. The van der Waals surface area contributed by atoms with E-state index in [1.807, 2.05) is 18.0 Å². The number of nitrogens with two attached hydrogens (primary N) is 1. The number of hydrogen-bond donors (Lipinski definition) is 3. The van der Waals surface area contributed by atoms with Crippen molar-refractivity contribution in [1.29, 1.82) is 0 Å². The summed E-state index contributed by atoms with van der Waals surface area (Å²) in [4.78, 5) is 23.6. The van der Waals surface area contributed by atoms with Gasteiger partial charge in [0.2, 0.25) is 16.0 Å². The largest absolute Gasteiger partial charge is 0.464 e. The number of benzene rings is 3. The zero-order valence-corrected chi connectivity index (χ0v) is 20.3. The Morgan fingerprint density at radius 3 is 2.22 bits per heavy atom. The number of nitrogens with zero attached hydrogens (tertiary/aromatic N) is 4. The van der Waals surface area contributed by atoms with Crippen molar-refractivity contribution in [3.8, 4) is 0 Å². The van der Waals surface area contributed by atoms with Crippen molar-refractivity contribution in [2.24, 2.45) is 5.14 Å². The van der Waals surface area contributed by atoms with E-state index in [9.17, 15) is 18.3 Å². The molecule has 0 saturated carbocycles. The molecule has 0 spiro atoms. The fourth-order valence-corrected chi connectivity index (χ4v) is 4.42. The van der Waals surface area contributed by atoms with Crippen molar-refractivity contribution in [1.82, 2.24) is 9.97 Å². The highest BCUT2D eigenvalue weighted by molar-refractivity contribution is 7.89. The van der Waals surface area contributed by atoms with Gasteiger partial charge in [-0.25, -0.2) is 28.2 Å². The normalized spacial score (nSPS) is 11.1. The predicted octanol–water partition coefficient (Wildman–Crippen LogP) is 4.76. The van der Waals surface area contributed by atoms with Gasteiger partial charge in [0.15, 0.2) is 0 Å². The van der Waals surface area contributed by atoms with Crippen LogP contribution in [0.3, 0.4) is 0 Å². The highest BCUT2D eigenvalue weighted by atomic mass is 32.2. The predicted molar refractivity (Wildman–Crippen MR) is 139 cm³/mol. The lowest BCUT2D eigenvalue weighted by atomic mass is 10.2. The minimum atomic E-state index is -3.87. The SMILES string of the molecule is Cc1ccc(Nc2nccc(N(C)c3ccc(N(C(=O)O)c4ccccc4)cc3)n2)cc1S(N)(=O)=O. The van der Waals surface area contributed by atoms with E-state index in [2.05, 4.69) is 15.3 Å². The molecule has 1 heterocycles. The highest BCUT2D eigenvalue weighted by Gasteiger charge is 2.17. The first-order chi connectivity index (χ1) is 17.1. The summed E-state index contributed by atoms with van der Waals surface area (Å²) in [5, 5.41) is 18.0. The Kier molecular flexibility index (Phi) is 6.86. The van der Waals surface area contributed by atoms with Gasteiger partial charge in [-0.2, -0.15) is 4.98 Å². The number of carboxylic acid groups (broad SMARTS) is 1. The molecule has 0 fully saturated rings. The summed E-state index contributed by atoms with van der Waals surface area (Å²) in [6.45, 7) is 1.66. The lowest BCUT2D eigenvalue weighted by Crippen LogP contribution is -2.23. The standard InChI is InChI=1S/C25H24N6O4S/c1-17-8-9-18(16-22(17)36(26,34)35)28-24-27-15-14-23(29-24)30(2)19-10-12-21(13-11-19)31(25(32)33)20-6-4-3-5-7-20/h3-16H,1-2H3,(H,32,33)(H2,26,34,35)(H,27,28,29). The summed E-state index contributed by atoms with van der Waals surface area (Å²) in [5.41, 5.74) is 2.83. The van der Waals surface area contributed by atoms with Crippen LogP contribution in [-0.4, -0.2) is 36.6 Å². The number of nitrogens with one attached hydrogen (secondary N) is 1. The second kappa shape index (κ2) is 10.0. The maximum atomic E-state index is 11.9. The number of anilines is 6. The molecule has 1 aromatic heterocycles. The third kappa shape index (κ3) is 5.43. The molecule has 4 rings (SSSR count). The van der Waals surface area contributed by atoms with Gasteiger partial charge >= 0.3 is 6.09 Å². The maximum absolute atomic E-state index is 11.9. The molecule has 0 atom stereocenters. The number of hydrogen-bond acceptors (Lipinski definition) is 7. The van der Waals surface area contributed by atoms with Crippen molar-refractivity contribution in [3.05, 3.63) is 90.6 Å². The second-order valence-electron chi connectivity index (χ2n) is 7.92. The average molecular weight is 505 g/mol. The van der Waals surface area contributed by atoms with Crippen LogP contribution in [0, 0.1) is 6.92 Å². The molecule has 4 N–H and O–H groups in total. The first-order valence-corrected chi connectivity index (χ1v) is 12.3. The number of amides is 1. The summed E-state index contributed by atoms with van der Waals surface area (Å²) in [6.07, 6.45) is 0.488. The minimum Gasteiger partial charge on any atom is -0.464 e. The Hall–Kier alpha value is -4.48. The van der Waals surface area contributed by atoms with Gasteiger partial charge in [-0.1, -0.05) is 24.3 Å². The fourth-order valence-electron chi connectivity index (χ4n) is 3.61. The first kappa shape index (κ1) is 24.6. The molecular weight excluding hydrogens is 480 g/mol. The molecule has 4 aromatic rings. The third-order valence-corrected chi connectivity index (χ3v) is 6.49. The number of carbonyl (C=O) groups is 1. The number of aromatic nitrogens is 2. The van der Waals surface area contributed by atoms with E-state index in [-0.39, 0.29) is 10.8 Å². The number of sulfonamides is 1. The molecule has 3 aromatic carbocycles. The van der Waals surface area contributed by atoms with Crippen LogP contribution in [0.2, 0.25) is 0 Å². The Morgan fingerprint density at radius 1 is 0.944 bits per heavy atom. The van der Waals surface area contributed by atoms with Crippen molar-refractivity contribution in [3.63, 3.8) is 0 Å².